The van der Waals surface area contributed by atoms with Gasteiger partial charge in [0.25, 0.3) is 0 Å². The highest BCUT2D eigenvalue weighted by Crippen LogP contribution is 2.28. The molecule has 0 spiro atoms. The fourth-order valence-corrected chi connectivity index (χ4v) is 3.73. The molecule has 15 heteroatoms. The van der Waals surface area contributed by atoms with E-state index in [2.05, 4.69) is 15.4 Å². The standard InChI is InChI=1S/C19H32N2O13/c1-3-31-11(26)4-10(25)21-12-16(29)17(9(6-23)32-18(12)30)34-19-13(20-7(2)24)15(28)14(27)8(5-22)33-19/h8-9,12-19,22-23,27-30H,3-6H2,1-2H3,(H,20,24)(H,21,25)/t8?,9?,12-,13-,14+,15?,16?,17+,18+,19-/m1/s1. The molecule has 196 valence electrons. The maximum absolute atomic E-state index is 12.1. The van der Waals surface area contributed by atoms with Gasteiger partial charge >= 0.3 is 5.97 Å². The van der Waals surface area contributed by atoms with Gasteiger partial charge in [-0.1, -0.05) is 0 Å². The molecule has 2 aliphatic rings. The van der Waals surface area contributed by atoms with Crippen molar-refractivity contribution in [3.05, 3.63) is 0 Å². The predicted molar refractivity (Wildman–Crippen MR) is 107 cm³/mol. The molecule has 2 fully saturated rings. The number of amides is 2. The van der Waals surface area contributed by atoms with Crippen molar-refractivity contribution in [1.82, 2.24) is 10.6 Å². The molecule has 15 nitrogen and oxygen atoms in total. The molecule has 34 heavy (non-hydrogen) atoms. The van der Waals surface area contributed by atoms with Gasteiger partial charge in [0.15, 0.2) is 12.6 Å². The van der Waals surface area contributed by atoms with Gasteiger partial charge in [0.05, 0.1) is 19.8 Å². The molecule has 0 aliphatic carbocycles. The molecule has 0 aromatic rings. The van der Waals surface area contributed by atoms with Gasteiger partial charge in [-0.2, -0.15) is 0 Å². The van der Waals surface area contributed by atoms with Crippen LogP contribution in [0.15, 0.2) is 0 Å². The van der Waals surface area contributed by atoms with Crippen LogP contribution in [0.5, 0.6) is 0 Å². The molecule has 2 rings (SSSR count). The third kappa shape index (κ3) is 6.80. The molecule has 8 N–H and O–H groups in total. The Labute approximate surface area is 194 Å². The highest BCUT2D eigenvalue weighted by molar-refractivity contribution is 5.94. The van der Waals surface area contributed by atoms with Gasteiger partial charge in [-0.25, -0.2) is 0 Å². The summed E-state index contributed by atoms with van der Waals surface area (Å²) in [5.41, 5.74) is 0. The van der Waals surface area contributed by atoms with Crippen molar-refractivity contribution in [2.75, 3.05) is 19.8 Å². The zero-order chi connectivity index (χ0) is 25.6. The highest BCUT2D eigenvalue weighted by atomic mass is 16.7. The molecule has 4 unspecified atom stereocenters. The Morgan fingerprint density at radius 3 is 2.09 bits per heavy atom. The number of esters is 1. The van der Waals surface area contributed by atoms with Gasteiger partial charge in [0.1, 0.15) is 55.1 Å². The second-order valence-electron chi connectivity index (χ2n) is 7.85. The first-order chi connectivity index (χ1) is 16.0. The summed E-state index contributed by atoms with van der Waals surface area (Å²) in [6, 6.07) is -2.87. The van der Waals surface area contributed by atoms with E-state index in [1.807, 2.05) is 0 Å². The molecule has 0 radical (unpaired) electrons. The summed E-state index contributed by atoms with van der Waals surface area (Å²) < 4.78 is 21.0. The van der Waals surface area contributed by atoms with E-state index in [0.29, 0.717) is 0 Å². The summed E-state index contributed by atoms with van der Waals surface area (Å²) in [5.74, 6) is -2.34. The summed E-state index contributed by atoms with van der Waals surface area (Å²) >= 11 is 0. The lowest BCUT2D eigenvalue weighted by molar-refractivity contribution is -0.327. The lowest BCUT2D eigenvalue weighted by Gasteiger charge is -2.47. The average Bonchev–Trinajstić information content (AvgIpc) is 2.77. The van der Waals surface area contributed by atoms with Crippen LogP contribution < -0.4 is 10.6 Å². The van der Waals surface area contributed by atoms with Crippen LogP contribution in [0.2, 0.25) is 0 Å². The number of aliphatic hydroxyl groups is 6. The number of nitrogens with one attached hydrogen (secondary N) is 2. The largest absolute Gasteiger partial charge is 0.466 e. The molecular weight excluding hydrogens is 464 g/mol. The van der Waals surface area contributed by atoms with E-state index in [1.165, 1.54) is 0 Å². The second kappa shape index (κ2) is 12.7. The summed E-state index contributed by atoms with van der Waals surface area (Å²) in [6.07, 6.45) is -13.2. The van der Waals surface area contributed by atoms with E-state index in [9.17, 15) is 45.0 Å². The Hall–Kier alpha value is -1.95. The minimum Gasteiger partial charge on any atom is -0.466 e. The van der Waals surface area contributed by atoms with Crippen LogP contribution in [-0.2, 0) is 33.3 Å². The Kier molecular flexibility index (Phi) is 10.5. The molecule has 0 bridgehead atoms. The topological polar surface area (TPSA) is 234 Å². The lowest BCUT2D eigenvalue weighted by atomic mass is 9.94. The Bertz CT molecular complexity index is 710. The normalized spacial score (nSPS) is 38.1. The Balaban J connectivity index is 2.21. The number of hydrogen-bond donors (Lipinski definition) is 8. The molecule has 0 saturated carbocycles. The molecule has 0 aromatic carbocycles. The number of hydrogen-bond acceptors (Lipinski definition) is 13. The number of rotatable bonds is 9. The fraction of sp³-hybridized carbons (Fsp3) is 0.842. The van der Waals surface area contributed by atoms with Gasteiger partial charge in [-0.3, -0.25) is 14.4 Å². The molecule has 0 aromatic heterocycles. The zero-order valence-electron chi connectivity index (χ0n) is 18.6. The maximum Gasteiger partial charge on any atom is 0.315 e. The summed E-state index contributed by atoms with van der Waals surface area (Å²) in [6.45, 7) is 1.25. The first kappa shape index (κ1) is 28.3. The Morgan fingerprint density at radius 2 is 1.53 bits per heavy atom. The van der Waals surface area contributed by atoms with Crippen LogP contribution in [0.3, 0.4) is 0 Å². The van der Waals surface area contributed by atoms with Crippen molar-refractivity contribution in [1.29, 1.82) is 0 Å². The van der Waals surface area contributed by atoms with E-state index in [-0.39, 0.29) is 6.61 Å². The fourth-order valence-electron chi connectivity index (χ4n) is 3.73. The van der Waals surface area contributed by atoms with Gasteiger partial charge in [-0.05, 0) is 6.92 Å². The predicted octanol–water partition coefficient (Wildman–Crippen LogP) is -5.18. The molecular formula is C19H32N2O13. The third-order valence-corrected chi connectivity index (χ3v) is 5.35. The third-order valence-electron chi connectivity index (χ3n) is 5.35. The average molecular weight is 496 g/mol. The van der Waals surface area contributed by atoms with E-state index in [4.69, 9.17) is 14.2 Å². The van der Waals surface area contributed by atoms with E-state index >= 15 is 0 Å². The van der Waals surface area contributed by atoms with E-state index < -0.39 is 98.7 Å². The number of ether oxygens (including phenoxy) is 4. The highest BCUT2D eigenvalue weighted by Gasteiger charge is 2.51. The second-order valence-corrected chi connectivity index (χ2v) is 7.85. The van der Waals surface area contributed by atoms with Crippen molar-refractivity contribution in [3.8, 4) is 0 Å². The lowest BCUT2D eigenvalue weighted by Crippen LogP contribution is -2.69. The van der Waals surface area contributed by atoms with Crippen molar-refractivity contribution in [2.24, 2.45) is 0 Å². The van der Waals surface area contributed by atoms with Crippen LogP contribution in [0.25, 0.3) is 0 Å². The number of carbonyl (C=O) groups is 3. The van der Waals surface area contributed by atoms with Crippen molar-refractivity contribution in [3.63, 3.8) is 0 Å². The smallest absolute Gasteiger partial charge is 0.315 e. The minimum absolute atomic E-state index is 0.0459. The minimum atomic E-state index is -1.80. The quantitative estimate of drug-likeness (QED) is 0.110. The van der Waals surface area contributed by atoms with Gasteiger partial charge < -0.3 is 60.2 Å². The summed E-state index contributed by atoms with van der Waals surface area (Å²) in [7, 11) is 0. The van der Waals surface area contributed by atoms with Crippen LogP contribution in [-0.4, -0.2) is 130 Å². The molecule has 10 atom stereocenters. The number of aliphatic hydroxyl groups excluding tert-OH is 6. The van der Waals surface area contributed by atoms with Gasteiger partial charge in [0.2, 0.25) is 11.8 Å². The summed E-state index contributed by atoms with van der Waals surface area (Å²) in [5, 5.41) is 65.2. The molecule has 2 amide bonds. The number of carbonyl (C=O) groups excluding carboxylic acids is 3. The van der Waals surface area contributed by atoms with Crippen molar-refractivity contribution in [2.45, 2.75) is 81.6 Å². The zero-order valence-corrected chi connectivity index (χ0v) is 18.6. The van der Waals surface area contributed by atoms with Crippen molar-refractivity contribution >= 4 is 17.8 Å². The van der Waals surface area contributed by atoms with Gasteiger partial charge in [-0.15, -0.1) is 0 Å². The molecule has 2 aliphatic heterocycles. The maximum atomic E-state index is 12.1. The first-order valence-corrected chi connectivity index (χ1v) is 10.7. The summed E-state index contributed by atoms with van der Waals surface area (Å²) in [4.78, 5) is 35.2. The Morgan fingerprint density at radius 1 is 0.882 bits per heavy atom. The van der Waals surface area contributed by atoms with Crippen LogP contribution in [0.4, 0.5) is 0 Å². The van der Waals surface area contributed by atoms with E-state index in [0.717, 1.165) is 6.92 Å². The monoisotopic (exact) mass is 496 g/mol. The van der Waals surface area contributed by atoms with E-state index in [1.54, 1.807) is 6.92 Å². The van der Waals surface area contributed by atoms with Crippen LogP contribution >= 0.6 is 0 Å². The van der Waals surface area contributed by atoms with Crippen LogP contribution in [0, 0.1) is 0 Å². The first-order valence-electron chi connectivity index (χ1n) is 10.7. The van der Waals surface area contributed by atoms with Crippen molar-refractivity contribution < 1.29 is 64.0 Å². The molecule has 2 saturated heterocycles. The van der Waals surface area contributed by atoms with Crippen LogP contribution in [0.1, 0.15) is 20.3 Å². The van der Waals surface area contributed by atoms with Gasteiger partial charge in [0, 0.05) is 6.92 Å². The molecule has 2 heterocycles. The SMILES string of the molecule is CCOC(=O)CC(=O)N[C@@H]1C(O)[C@@H](O[C@H]2OC(CO)[C@H](O)C(O)[C@H]2NC(C)=O)C(CO)O[C@@H]1O.